The second-order valence-corrected chi connectivity index (χ2v) is 7.85. The van der Waals surface area contributed by atoms with Crippen molar-refractivity contribution in [2.75, 3.05) is 17.3 Å². The van der Waals surface area contributed by atoms with Crippen LogP contribution in [-0.2, 0) is 4.79 Å². The third-order valence-electron chi connectivity index (χ3n) is 4.84. The van der Waals surface area contributed by atoms with Crippen LogP contribution in [0.3, 0.4) is 0 Å². The summed E-state index contributed by atoms with van der Waals surface area (Å²) in [6.07, 6.45) is -0.0165. The molecule has 3 rings (SSSR count). The number of amides is 1. The second-order valence-electron chi connectivity index (χ2n) is 7.85. The van der Waals surface area contributed by atoms with E-state index >= 15 is 0 Å². The van der Waals surface area contributed by atoms with Gasteiger partial charge >= 0.3 is 0 Å². The van der Waals surface area contributed by atoms with E-state index in [1.54, 1.807) is 24.3 Å². The fourth-order valence-corrected chi connectivity index (χ4v) is 3.26. The molecule has 0 saturated carbocycles. The highest BCUT2D eigenvalue weighted by Crippen LogP contribution is 2.33. The Morgan fingerprint density at radius 2 is 1.68 bits per heavy atom. The van der Waals surface area contributed by atoms with Crippen LogP contribution in [-0.4, -0.2) is 24.5 Å². The van der Waals surface area contributed by atoms with E-state index in [0.29, 0.717) is 34.9 Å². The van der Waals surface area contributed by atoms with Crippen LogP contribution < -0.4 is 31.4 Å². The van der Waals surface area contributed by atoms with Gasteiger partial charge in [0, 0.05) is 11.3 Å². The Labute approximate surface area is 199 Å². The number of nitrogens with two attached hydrogens (primary N) is 1. The molecule has 6 N–H and O–H groups in total. The van der Waals surface area contributed by atoms with Gasteiger partial charge in [0.05, 0.1) is 18.4 Å². The van der Waals surface area contributed by atoms with E-state index < -0.39 is 6.04 Å². The van der Waals surface area contributed by atoms with Gasteiger partial charge in [-0.15, -0.1) is 0 Å². The first-order valence-corrected chi connectivity index (χ1v) is 11.1. The summed E-state index contributed by atoms with van der Waals surface area (Å²) in [4.78, 5) is 13.3. The Morgan fingerprint density at radius 3 is 2.29 bits per heavy atom. The van der Waals surface area contributed by atoms with Crippen LogP contribution >= 0.6 is 0 Å². The first-order valence-electron chi connectivity index (χ1n) is 11.1. The largest absolute Gasteiger partial charge is 0.490 e. The van der Waals surface area contributed by atoms with Crippen molar-refractivity contribution in [3.05, 3.63) is 83.9 Å². The van der Waals surface area contributed by atoms with Gasteiger partial charge in [0.15, 0.2) is 11.5 Å². The standard InChI is InChI=1S/C26H31N5O3/c1-4-33-23-16-19(12-15-22(23)34-17(2)3)24(26(32)31-30-21-8-6-5-7-9-21)29-20-13-10-18(11-14-20)25(27)28/h5-17,24,29-30H,4H2,1-3H3,(H3,27,28)(H,31,32). The molecule has 3 aromatic carbocycles. The summed E-state index contributed by atoms with van der Waals surface area (Å²) >= 11 is 0. The molecule has 1 atom stereocenters. The molecule has 34 heavy (non-hydrogen) atoms. The van der Waals surface area contributed by atoms with E-state index in [1.165, 1.54) is 0 Å². The summed E-state index contributed by atoms with van der Waals surface area (Å²) in [6, 6.07) is 21.1. The van der Waals surface area contributed by atoms with Gasteiger partial charge < -0.3 is 20.5 Å². The van der Waals surface area contributed by atoms with Gasteiger partial charge in [-0.05, 0) is 74.9 Å². The lowest BCUT2D eigenvalue weighted by Crippen LogP contribution is -2.37. The summed E-state index contributed by atoms with van der Waals surface area (Å²) in [5.41, 5.74) is 14.0. The van der Waals surface area contributed by atoms with Crippen molar-refractivity contribution in [2.45, 2.75) is 32.9 Å². The normalized spacial score (nSPS) is 11.4. The topological polar surface area (TPSA) is 121 Å². The molecule has 0 aliphatic carbocycles. The minimum absolute atomic E-state index is 0.0165. The number of carbonyl (C=O) groups is 1. The molecule has 0 fully saturated rings. The highest BCUT2D eigenvalue weighted by atomic mass is 16.5. The number of nitrogens with one attached hydrogen (secondary N) is 4. The third kappa shape index (κ3) is 6.65. The van der Waals surface area contributed by atoms with Crippen molar-refractivity contribution in [1.82, 2.24) is 5.43 Å². The Balaban J connectivity index is 1.90. The summed E-state index contributed by atoms with van der Waals surface area (Å²) in [7, 11) is 0. The van der Waals surface area contributed by atoms with Gasteiger partial charge in [-0.2, -0.15) is 0 Å². The molecule has 0 radical (unpaired) electrons. The van der Waals surface area contributed by atoms with E-state index in [1.807, 2.05) is 69.3 Å². The fraction of sp³-hybridized carbons (Fsp3) is 0.231. The van der Waals surface area contributed by atoms with Crippen molar-refractivity contribution < 1.29 is 14.3 Å². The van der Waals surface area contributed by atoms with Crippen LogP contribution in [0, 0.1) is 5.41 Å². The van der Waals surface area contributed by atoms with E-state index in [-0.39, 0.29) is 17.8 Å². The number of benzene rings is 3. The van der Waals surface area contributed by atoms with Crippen molar-refractivity contribution in [1.29, 1.82) is 5.41 Å². The zero-order valence-electron chi connectivity index (χ0n) is 19.6. The Morgan fingerprint density at radius 1 is 0.971 bits per heavy atom. The molecular weight excluding hydrogens is 430 g/mol. The minimum Gasteiger partial charge on any atom is -0.490 e. The molecule has 0 bridgehead atoms. The van der Waals surface area contributed by atoms with Crippen molar-refractivity contribution in [3.63, 3.8) is 0 Å². The molecule has 0 aliphatic heterocycles. The maximum absolute atomic E-state index is 13.3. The lowest BCUT2D eigenvalue weighted by molar-refractivity contribution is -0.121. The Kier molecular flexibility index (Phi) is 8.34. The van der Waals surface area contributed by atoms with Gasteiger partial charge in [-0.3, -0.25) is 21.1 Å². The molecule has 8 nitrogen and oxygen atoms in total. The molecular formula is C26H31N5O3. The Hall–Kier alpha value is -4.20. The smallest absolute Gasteiger partial charge is 0.265 e. The maximum atomic E-state index is 13.3. The number of ether oxygens (including phenoxy) is 2. The lowest BCUT2D eigenvalue weighted by Gasteiger charge is -2.22. The summed E-state index contributed by atoms with van der Waals surface area (Å²) in [5.74, 6) is 0.874. The van der Waals surface area contributed by atoms with Crippen molar-refractivity contribution in [2.24, 2.45) is 5.73 Å². The summed E-state index contributed by atoms with van der Waals surface area (Å²) in [6.45, 7) is 6.25. The van der Waals surface area contributed by atoms with Gasteiger partial charge in [-0.1, -0.05) is 24.3 Å². The molecule has 0 spiro atoms. The zero-order valence-corrected chi connectivity index (χ0v) is 19.6. The molecule has 8 heteroatoms. The first-order chi connectivity index (χ1) is 16.4. The Bertz CT molecular complexity index is 1100. The van der Waals surface area contributed by atoms with Gasteiger partial charge in [0.1, 0.15) is 11.9 Å². The number of rotatable bonds is 11. The predicted octanol–water partition coefficient (Wildman–Crippen LogP) is 4.45. The summed E-state index contributed by atoms with van der Waals surface area (Å²) in [5, 5.41) is 10.8. The van der Waals surface area contributed by atoms with Gasteiger partial charge in [-0.25, -0.2) is 0 Å². The number of carbonyl (C=O) groups excluding carboxylic acids is 1. The fourth-order valence-electron chi connectivity index (χ4n) is 3.26. The van der Waals surface area contributed by atoms with E-state index in [9.17, 15) is 4.79 Å². The maximum Gasteiger partial charge on any atom is 0.265 e. The molecule has 178 valence electrons. The second kappa shape index (κ2) is 11.6. The molecule has 1 unspecified atom stereocenters. The zero-order chi connectivity index (χ0) is 24.5. The third-order valence-corrected chi connectivity index (χ3v) is 4.84. The van der Waals surface area contributed by atoms with E-state index in [0.717, 1.165) is 5.69 Å². The van der Waals surface area contributed by atoms with Crippen LogP contribution in [0.2, 0.25) is 0 Å². The number of nitrogen functional groups attached to an aromatic ring is 1. The van der Waals surface area contributed by atoms with Crippen LogP contribution in [0.25, 0.3) is 0 Å². The highest BCUT2D eigenvalue weighted by molar-refractivity contribution is 5.95. The van der Waals surface area contributed by atoms with Gasteiger partial charge in [0.2, 0.25) is 0 Å². The SMILES string of the molecule is CCOc1cc(C(Nc2ccc(C(=N)N)cc2)C(=O)NNc2ccccc2)ccc1OC(C)C. The van der Waals surface area contributed by atoms with Crippen LogP contribution in [0.5, 0.6) is 11.5 Å². The number of para-hydroxylation sites is 1. The van der Waals surface area contributed by atoms with Crippen molar-refractivity contribution >= 4 is 23.1 Å². The summed E-state index contributed by atoms with van der Waals surface area (Å²) < 4.78 is 11.7. The van der Waals surface area contributed by atoms with E-state index in [2.05, 4.69) is 16.2 Å². The minimum atomic E-state index is -0.744. The van der Waals surface area contributed by atoms with Crippen molar-refractivity contribution in [3.8, 4) is 11.5 Å². The molecule has 3 aromatic rings. The number of anilines is 2. The quantitative estimate of drug-likeness (QED) is 0.163. The average Bonchev–Trinajstić information content (AvgIpc) is 2.83. The first kappa shape index (κ1) is 24.4. The van der Waals surface area contributed by atoms with Crippen LogP contribution in [0.15, 0.2) is 72.8 Å². The predicted molar refractivity (Wildman–Crippen MR) is 135 cm³/mol. The average molecular weight is 462 g/mol. The molecule has 1 amide bonds. The molecule has 0 saturated heterocycles. The number of hydrogen-bond acceptors (Lipinski definition) is 6. The monoisotopic (exact) mass is 461 g/mol. The number of hydrazine groups is 1. The van der Waals surface area contributed by atoms with Crippen LogP contribution in [0.1, 0.15) is 37.9 Å². The molecule has 0 aliphatic rings. The molecule has 0 aromatic heterocycles. The highest BCUT2D eigenvalue weighted by Gasteiger charge is 2.23. The number of amidine groups is 1. The lowest BCUT2D eigenvalue weighted by atomic mass is 10.0. The van der Waals surface area contributed by atoms with E-state index in [4.69, 9.17) is 20.6 Å². The number of hydrogen-bond donors (Lipinski definition) is 5. The van der Waals surface area contributed by atoms with Gasteiger partial charge in [0.25, 0.3) is 5.91 Å². The molecule has 0 heterocycles. The van der Waals surface area contributed by atoms with Crippen LogP contribution in [0.4, 0.5) is 11.4 Å².